The van der Waals surface area contributed by atoms with Gasteiger partial charge in [0.25, 0.3) is 0 Å². The first-order valence-corrected chi connectivity index (χ1v) is 23.2. The second-order valence-electron chi connectivity index (χ2n) is 18.3. The molecule has 0 aromatic heterocycles. The Morgan fingerprint density at radius 1 is 0.838 bits per heavy atom. The Morgan fingerprint density at radius 3 is 2.04 bits per heavy atom. The number of hydrogen-bond donors (Lipinski definition) is 4. The van der Waals surface area contributed by atoms with Crippen LogP contribution in [0.5, 0.6) is 0 Å². The summed E-state index contributed by atoms with van der Waals surface area (Å²) in [6.45, 7) is 9.98. The van der Waals surface area contributed by atoms with Crippen molar-refractivity contribution in [3.8, 4) is 0 Å². The molecule has 0 bridgehead atoms. The Hall–Kier alpha value is -4.35. The van der Waals surface area contributed by atoms with Crippen molar-refractivity contribution in [1.29, 1.82) is 0 Å². The fourth-order valence-electron chi connectivity index (χ4n) is 8.74. The first kappa shape index (κ1) is 58.0. The summed E-state index contributed by atoms with van der Waals surface area (Å²) in [7, 11) is 4.58. The third-order valence-corrected chi connectivity index (χ3v) is 12.1. The molecular weight excluding hydrogens is 899 g/mol. The summed E-state index contributed by atoms with van der Waals surface area (Å²) in [5.74, 6) is -6.97. The normalized spacial score (nSPS) is 36.1. The number of aliphatic hydroxyl groups excluding tert-OH is 1. The average molecular weight is 972 g/mol. The van der Waals surface area contributed by atoms with Crippen LogP contribution in [0.4, 0.5) is 0 Å². The number of methoxy groups -OCH3 is 1. The molecule has 0 spiro atoms. The molecule has 0 aromatic rings. The number of carboxylic acid groups (broad SMARTS) is 2. The molecule has 3 rings (SSSR count). The van der Waals surface area contributed by atoms with Crippen LogP contribution in [0.1, 0.15) is 112 Å². The molecule has 0 aliphatic carbocycles. The zero-order valence-electron chi connectivity index (χ0n) is 40.6. The van der Waals surface area contributed by atoms with E-state index < -0.39 is 165 Å². The zero-order valence-corrected chi connectivity index (χ0v) is 40.6. The molecule has 68 heavy (non-hydrogen) atoms. The van der Waals surface area contributed by atoms with Crippen LogP contribution in [0.25, 0.3) is 0 Å². The van der Waals surface area contributed by atoms with Gasteiger partial charge in [0.2, 0.25) is 0 Å². The number of hydrogen-bond acceptors (Lipinski definition) is 19. The predicted molar refractivity (Wildman–Crippen MR) is 237 cm³/mol. The molecule has 21 heteroatoms. The van der Waals surface area contributed by atoms with Crippen molar-refractivity contribution < 1.29 is 96.6 Å². The van der Waals surface area contributed by atoms with Crippen molar-refractivity contribution in [2.24, 2.45) is 11.8 Å². The van der Waals surface area contributed by atoms with Crippen molar-refractivity contribution in [3.63, 3.8) is 0 Å². The maximum atomic E-state index is 13.5. The molecule has 3 aliphatic heterocycles. The van der Waals surface area contributed by atoms with Crippen LogP contribution in [0.2, 0.25) is 0 Å². The Morgan fingerprint density at radius 2 is 1.47 bits per heavy atom. The topological polar surface area (TPSA) is 287 Å². The highest BCUT2D eigenvalue weighted by atomic mass is 16.7. The number of aliphatic hydroxyl groups is 2. The highest BCUT2D eigenvalue weighted by Gasteiger charge is 2.54. The van der Waals surface area contributed by atoms with Crippen LogP contribution in [0, 0.1) is 11.8 Å². The lowest BCUT2D eigenvalue weighted by atomic mass is 9.82. The standard InChI is InChI=1S/C47H73NO20/c1-10-14-35(55)66-45-29(5)62-39(25-47(45,6)59)67-41-28(4)63-46(44(40(41)48(7)8)65-37(57)20-18-34(53)54)68-42-30(21-22-49)23-26(2)32(64-36(56)19-17-33(51)52)16-13-11-12-15-27(3)61-38(58)24-31(50)43(42)60-9/h11-13,16,22,26-32,39-46,50,59H,10,14-15,17-21,23-25H2,1-9H3,(H,51,52)(H,53,54)/b12-11+,16-13+/t26-,27-,28-,29+,30+,31-,32+,39+,40+,41-,42+,43+,44-,45+,46+,47-/m1/s1. The van der Waals surface area contributed by atoms with Gasteiger partial charge in [-0.15, -0.1) is 0 Å². The van der Waals surface area contributed by atoms with Crippen LogP contribution in [-0.4, -0.2) is 174 Å². The number of cyclic esters (lactones) is 1. The van der Waals surface area contributed by atoms with Crippen molar-refractivity contribution in [3.05, 3.63) is 24.3 Å². The van der Waals surface area contributed by atoms with E-state index in [1.54, 1.807) is 71.0 Å². The minimum atomic E-state index is -1.62. The second-order valence-corrected chi connectivity index (χ2v) is 18.3. The van der Waals surface area contributed by atoms with Crippen LogP contribution in [0.15, 0.2) is 24.3 Å². The van der Waals surface area contributed by atoms with Gasteiger partial charge in [-0.1, -0.05) is 32.1 Å². The number of carboxylic acids is 2. The number of allylic oxidation sites excluding steroid dienone is 2. The summed E-state index contributed by atoms with van der Waals surface area (Å²) >= 11 is 0. The second kappa shape index (κ2) is 27.7. The van der Waals surface area contributed by atoms with Crippen LogP contribution in [0.3, 0.4) is 0 Å². The van der Waals surface area contributed by atoms with Gasteiger partial charge in [-0.05, 0) is 72.5 Å². The molecule has 0 saturated carbocycles. The molecule has 2 saturated heterocycles. The number of likely N-dealkylation sites (N-methyl/N-ethyl adjacent to an activating group) is 1. The summed E-state index contributed by atoms with van der Waals surface area (Å²) in [6, 6.07) is -0.966. The van der Waals surface area contributed by atoms with Gasteiger partial charge in [0.05, 0.1) is 62.6 Å². The number of esters is 4. The van der Waals surface area contributed by atoms with E-state index in [2.05, 4.69) is 0 Å². The highest BCUT2D eigenvalue weighted by Crippen LogP contribution is 2.38. The van der Waals surface area contributed by atoms with Gasteiger partial charge in [0.1, 0.15) is 36.3 Å². The molecule has 16 atom stereocenters. The van der Waals surface area contributed by atoms with E-state index in [1.807, 2.05) is 6.92 Å². The Labute approximate surface area is 397 Å². The van der Waals surface area contributed by atoms with Gasteiger partial charge in [0, 0.05) is 32.8 Å². The van der Waals surface area contributed by atoms with Gasteiger partial charge < -0.3 is 72.8 Å². The predicted octanol–water partition coefficient (Wildman–Crippen LogP) is 3.03. The molecule has 386 valence electrons. The molecule has 0 amide bonds. The molecule has 0 radical (unpaired) electrons. The zero-order chi connectivity index (χ0) is 50.9. The summed E-state index contributed by atoms with van der Waals surface area (Å²) < 4.78 is 54.9. The fraction of sp³-hybridized carbons (Fsp3) is 0.766. The minimum absolute atomic E-state index is 0.0302. The average Bonchev–Trinajstić information content (AvgIpc) is 3.23. The number of nitrogens with zero attached hydrogens (tertiary/aromatic N) is 1. The van der Waals surface area contributed by atoms with Gasteiger partial charge in [0.15, 0.2) is 24.8 Å². The van der Waals surface area contributed by atoms with Gasteiger partial charge in [-0.25, -0.2) is 0 Å². The summed E-state index contributed by atoms with van der Waals surface area (Å²) in [5.41, 5.74) is -1.61. The highest BCUT2D eigenvalue weighted by molar-refractivity contribution is 5.77. The summed E-state index contributed by atoms with van der Waals surface area (Å²) in [5, 5.41) is 41.9. The van der Waals surface area contributed by atoms with E-state index >= 15 is 0 Å². The molecule has 4 N–H and O–H groups in total. The monoisotopic (exact) mass is 971 g/mol. The maximum Gasteiger partial charge on any atom is 0.308 e. The molecule has 0 aromatic carbocycles. The van der Waals surface area contributed by atoms with Crippen LogP contribution >= 0.6 is 0 Å². The van der Waals surface area contributed by atoms with Crippen LogP contribution in [-0.2, 0) is 76.2 Å². The quantitative estimate of drug-likeness (QED) is 0.0822. The summed E-state index contributed by atoms with van der Waals surface area (Å²) in [6.07, 6.45) is -8.66. The number of aldehydes is 1. The van der Waals surface area contributed by atoms with E-state index in [4.69, 9.17) is 42.6 Å². The summed E-state index contributed by atoms with van der Waals surface area (Å²) in [4.78, 5) is 89.1. The lowest BCUT2D eigenvalue weighted by molar-refractivity contribution is -0.345. The van der Waals surface area contributed by atoms with Gasteiger partial charge in [-0.3, -0.25) is 28.8 Å². The van der Waals surface area contributed by atoms with Crippen molar-refractivity contribution in [2.45, 2.75) is 197 Å². The third-order valence-electron chi connectivity index (χ3n) is 12.1. The Balaban J connectivity index is 2.14. The van der Waals surface area contributed by atoms with Gasteiger partial charge >= 0.3 is 35.8 Å². The molecular formula is C47H73NO20. The molecule has 0 unspecified atom stereocenters. The lowest BCUT2D eigenvalue weighted by Crippen LogP contribution is -2.66. The fourth-order valence-corrected chi connectivity index (χ4v) is 8.74. The van der Waals surface area contributed by atoms with E-state index in [-0.39, 0.29) is 32.1 Å². The first-order chi connectivity index (χ1) is 32.0. The van der Waals surface area contributed by atoms with Crippen molar-refractivity contribution in [1.82, 2.24) is 4.90 Å². The Bertz CT molecular complexity index is 1730. The molecule has 21 nitrogen and oxygen atoms in total. The molecule has 3 heterocycles. The molecule has 2 fully saturated rings. The number of carbonyl (C=O) groups excluding carboxylic acids is 5. The number of ether oxygens (including phenoxy) is 9. The van der Waals surface area contributed by atoms with Crippen molar-refractivity contribution in [2.75, 3.05) is 21.2 Å². The van der Waals surface area contributed by atoms with E-state index in [1.165, 1.54) is 14.0 Å². The largest absolute Gasteiger partial charge is 0.481 e. The number of rotatable bonds is 19. The Kier molecular flexibility index (Phi) is 23.6. The maximum absolute atomic E-state index is 13.5. The molecule has 3 aliphatic rings. The van der Waals surface area contributed by atoms with Crippen LogP contribution < -0.4 is 0 Å². The van der Waals surface area contributed by atoms with E-state index in [0.29, 0.717) is 12.7 Å². The third kappa shape index (κ3) is 17.9. The first-order valence-electron chi connectivity index (χ1n) is 23.2. The van der Waals surface area contributed by atoms with Gasteiger partial charge in [-0.2, -0.15) is 0 Å². The lowest BCUT2D eigenvalue weighted by Gasteiger charge is -2.51. The van der Waals surface area contributed by atoms with Crippen molar-refractivity contribution >= 4 is 42.1 Å². The smallest absolute Gasteiger partial charge is 0.308 e. The minimum Gasteiger partial charge on any atom is -0.481 e. The SMILES string of the molecule is CCCC(=O)O[C@H]1[C@H](C)O[C@@H](O[C@H]2[C@H](N(C)C)[C@@H](OC(=O)CCC(=O)O)[C@H](O[C@H]3[C@@H](CC=O)C[C@@H](C)[C@@H](OC(=O)CCC(=O)O)/C=C/C=C/C[C@@H](C)OC(=O)C[C@@H](O)[C@@H]3OC)O[C@@H]2C)C[C@@]1(C)O. The van der Waals surface area contributed by atoms with E-state index in [0.717, 1.165) is 0 Å². The van der Waals surface area contributed by atoms with E-state index in [9.17, 15) is 54.0 Å². The number of aliphatic carboxylic acids is 2. The number of carbonyl (C=O) groups is 7.